The summed E-state index contributed by atoms with van der Waals surface area (Å²) in [5.41, 5.74) is 2.64. The number of carbonyl (C=O) groups is 2. The van der Waals surface area contributed by atoms with Crippen LogP contribution in [-0.4, -0.2) is 30.8 Å². The third-order valence-electron chi connectivity index (χ3n) is 3.77. The van der Waals surface area contributed by atoms with E-state index >= 15 is 0 Å². The summed E-state index contributed by atoms with van der Waals surface area (Å²) in [5.74, 6) is -0.0930. The Morgan fingerprint density at radius 1 is 1.17 bits per heavy atom. The molecule has 2 aromatic rings. The molecule has 2 N–H and O–H groups in total. The van der Waals surface area contributed by atoms with E-state index in [2.05, 4.69) is 15.6 Å². The lowest BCUT2D eigenvalue weighted by molar-refractivity contribution is -0.117. The maximum Gasteiger partial charge on any atom is 0.269 e. The van der Waals surface area contributed by atoms with Crippen molar-refractivity contribution >= 4 is 23.2 Å². The largest absolute Gasteiger partial charge is 0.497 e. The second-order valence-electron chi connectivity index (χ2n) is 5.35. The average molecular weight is 323 g/mol. The van der Waals surface area contributed by atoms with Gasteiger partial charge in [-0.05, 0) is 37.3 Å². The van der Waals surface area contributed by atoms with Crippen LogP contribution in [0.2, 0.25) is 0 Å². The number of para-hydroxylation sites is 1. The number of benzene rings is 2. The molecule has 6 nitrogen and oxygen atoms in total. The molecule has 0 fully saturated rings. The van der Waals surface area contributed by atoms with Gasteiger partial charge >= 0.3 is 0 Å². The normalized spacial score (nSPS) is 16.3. The van der Waals surface area contributed by atoms with Gasteiger partial charge in [0.15, 0.2) is 0 Å². The monoisotopic (exact) mass is 323 g/mol. The molecule has 0 aromatic heterocycles. The molecule has 2 aromatic carbocycles. The van der Waals surface area contributed by atoms with Crippen LogP contribution < -0.4 is 15.4 Å². The van der Waals surface area contributed by atoms with E-state index in [4.69, 9.17) is 4.74 Å². The van der Waals surface area contributed by atoms with Crippen LogP contribution in [0.5, 0.6) is 5.75 Å². The van der Waals surface area contributed by atoms with Gasteiger partial charge in [0, 0.05) is 22.5 Å². The number of carbonyl (C=O) groups excluding carboxylic acids is 2. The van der Waals surface area contributed by atoms with E-state index in [0.29, 0.717) is 22.7 Å². The smallest absolute Gasteiger partial charge is 0.269 e. The zero-order valence-electron chi connectivity index (χ0n) is 13.4. The lowest BCUT2D eigenvalue weighted by atomic mass is 10.1. The van der Waals surface area contributed by atoms with Crippen LogP contribution in [0.15, 0.2) is 53.5 Å². The highest BCUT2D eigenvalue weighted by atomic mass is 16.5. The van der Waals surface area contributed by atoms with Crippen molar-refractivity contribution in [2.45, 2.75) is 13.1 Å². The molecule has 6 heteroatoms. The van der Waals surface area contributed by atoms with Crippen LogP contribution in [0.25, 0.3) is 0 Å². The van der Waals surface area contributed by atoms with Crippen LogP contribution in [0, 0.1) is 0 Å². The van der Waals surface area contributed by atoms with E-state index in [9.17, 15) is 9.59 Å². The van der Waals surface area contributed by atoms with Crippen molar-refractivity contribution in [2.75, 3.05) is 12.4 Å². The maximum absolute atomic E-state index is 12.3. The highest BCUT2D eigenvalue weighted by Gasteiger charge is 2.25. The number of fused-ring (bicyclic) bond motifs is 1. The van der Waals surface area contributed by atoms with Crippen molar-refractivity contribution in [2.24, 2.45) is 4.99 Å². The third-order valence-corrected chi connectivity index (χ3v) is 3.77. The van der Waals surface area contributed by atoms with E-state index in [1.807, 2.05) is 25.1 Å². The van der Waals surface area contributed by atoms with Gasteiger partial charge in [-0.2, -0.15) is 0 Å². The zero-order valence-corrected chi connectivity index (χ0v) is 13.4. The summed E-state index contributed by atoms with van der Waals surface area (Å²) in [6.45, 7) is 1.81. The van der Waals surface area contributed by atoms with Gasteiger partial charge in [0.1, 0.15) is 5.75 Å². The van der Waals surface area contributed by atoms with Crippen LogP contribution in [0.4, 0.5) is 5.69 Å². The number of ether oxygens (including phenoxy) is 1. The van der Waals surface area contributed by atoms with E-state index < -0.39 is 6.17 Å². The minimum Gasteiger partial charge on any atom is -0.497 e. The third kappa shape index (κ3) is 3.12. The molecule has 1 aliphatic heterocycles. The van der Waals surface area contributed by atoms with Crippen molar-refractivity contribution in [3.05, 3.63) is 59.7 Å². The Morgan fingerprint density at radius 2 is 1.88 bits per heavy atom. The molecule has 0 saturated carbocycles. The SMILES string of the molecule is COc1ccc(C(=O)NC2N=C(C)c3ccccc3NC2=O)cc1. The molecule has 1 unspecified atom stereocenters. The predicted molar refractivity (Wildman–Crippen MR) is 91.5 cm³/mol. The number of rotatable bonds is 3. The Balaban J connectivity index is 1.81. The van der Waals surface area contributed by atoms with Gasteiger partial charge in [0.25, 0.3) is 11.8 Å². The molecule has 1 heterocycles. The summed E-state index contributed by atoms with van der Waals surface area (Å²) < 4.78 is 5.06. The fraction of sp³-hybridized carbons (Fsp3) is 0.167. The molecule has 1 atom stereocenters. The number of anilines is 1. The molecule has 0 bridgehead atoms. The fourth-order valence-electron chi connectivity index (χ4n) is 2.48. The zero-order chi connectivity index (χ0) is 17.1. The number of hydrogen-bond acceptors (Lipinski definition) is 4. The van der Waals surface area contributed by atoms with Crippen molar-refractivity contribution in [1.82, 2.24) is 5.32 Å². The first kappa shape index (κ1) is 15.7. The number of nitrogens with one attached hydrogen (secondary N) is 2. The number of methoxy groups -OCH3 is 1. The Labute approximate surface area is 139 Å². The maximum atomic E-state index is 12.3. The van der Waals surface area contributed by atoms with Gasteiger partial charge in [-0.3, -0.25) is 14.6 Å². The van der Waals surface area contributed by atoms with Crippen molar-refractivity contribution in [3.63, 3.8) is 0 Å². The number of amides is 2. The minimum absolute atomic E-state index is 0.374. The van der Waals surface area contributed by atoms with Gasteiger partial charge in [-0.15, -0.1) is 0 Å². The first-order valence-corrected chi connectivity index (χ1v) is 7.48. The molecule has 122 valence electrons. The molecule has 1 aliphatic rings. The molecule has 0 aliphatic carbocycles. The van der Waals surface area contributed by atoms with Crippen molar-refractivity contribution < 1.29 is 14.3 Å². The quantitative estimate of drug-likeness (QED) is 0.909. The standard InChI is InChI=1S/C18H17N3O3/c1-11-14-5-3-4-6-15(14)20-18(23)16(19-11)21-17(22)12-7-9-13(24-2)10-8-12/h3-10,16H,1-2H3,(H,20,23)(H,21,22). The van der Waals surface area contributed by atoms with Gasteiger partial charge < -0.3 is 15.4 Å². The summed E-state index contributed by atoms with van der Waals surface area (Å²) in [7, 11) is 1.56. The van der Waals surface area contributed by atoms with Gasteiger partial charge in [-0.25, -0.2) is 0 Å². The molecular formula is C18H17N3O3. The van der Waals surface area contributed by atoms with Gasteiger partial charge in [0.05, 0.1) is 7.11 Å². The lowest BCUT2D eigenvalue weighted by Gasteiger charge is -2.13. The summed E-state index contributed by atoms with van der Waals surface area (Å²) >= 11 is 0. The minimum atomic E-state index is -0.980. The summed E-state index contributed by atoms with van der Waals surface area (Å²) in [4.78, 5) is 29.0. The highest BCUT2D eigenvalue weighted by molar-refractivity contribution is 6.11. The molecular weight excluding hydrogens is 306 g/mol. The molecule has 0 saturated heterocycles. The number of hydrogen-bond donors (Lipinski definition) is 2. The molecule has 0 radical (unpaired) electrons. The molecule has 0 spiro atoms. The fourth-order valence-corrected chi connectivity index (χ4v) is 2.48. The second-order valence-corrected chi connectivity index (χ2v) is 5.35. The number of benzodiazepines with no additional fused rings is 1. The van der Waals surface area contributed by atoms with Gasteiger partial charge in [0.2, 0.25) is 6.17 Å². The summed E-state index contributed by atoms with van der Waals surface area (Å²) in [6.07, 6.45) is -0.980. The Bertz CT molecular complexity index is 813. The Kier molecular flexibility index (Phi) is 4.29. The lowest BCUT2D eigenvalue weighted by Crippen LogP contribution is -2.42. The molecule has 3 rings (SSSR count). The van der Waals surface area contributed by atoms with Crippen LogP contribution in [0.3, 0.4) is 0 Å². The van der Waals surface area contributed by atoms with Crippen LogP contribution >= 0.6 is 0 Å². The summed E-state index contributed by atoms with van der Waals surface area (Å²) in [5, 5.41) is 5.44. The second kappa shape index (κ2) is 6.54. The van der Waals surface area contributed by atoms with E-state index in [-0.39, 0.29) is 11.8 Å². The number of aliphatic imine (C=N–C) groups is 1. The van der Waals surface area contributed by atoms with Crippen LogP contribution in [-0.2, 0) is 4.79 Å². The summed E-state index contributed by atoms with van der Waals surface area (Å²) in [6, 6.07) is 14.0. The van der Waals surface area contributed by atoms with E-state index in [0.717, 1.165) is 5.56 Å². The molecule has 2 amide bonds. The Hall–Kier alpha value is -3.15. The first-order chi connectivity index (χ1) is 11.6. The van der Waals surface area contributed by atoms with E-state index in [1.54, 1.807) is 37.4 Å². The predicted octanol–water partition coefficient (Wildman–Crippen LogP) is 2.21. The van der Waals surface area contributed by atoms with Crippen LogP contribution in [0.1, 0.15) is 22.8 Å². The number of nitrogens with zero attached hydrogens (tertiary/aromatic N) is 1. The van der Waals surface area contributed by atoms with Crippen molar-refractivity contribution in [3.8, 4) is 5.75 Å². The van der Waals surface area contributed by atoms with Gasteiger partial charge in [-0.1, -0.05) is 18.2 Å². The molecule has 24 heavy (non-hydrogen) atoms. The topological polar surface area (TPSA) is 79.8 Å². The van der Waals surface area contributed by atoms with E-state index in [1.165, 1.54) is 0 Å². The Morgan fingerprint density at radius 3 is 2.58 bits per heavy atom. The first-order valence-electron chi connectivity index (χ1n) is 7.48. The average Bonchev–Trinajstić information content (AvgIpc) is 2.72. The van der Waals surface area contributed by atoms with Crippen molar-refractivity contribution in [1.29, 1.82) is 0 Å². The highest BCUT2D eigenvalue weighted by Crippen LogP contribution is 2.20.